The van der Waals surface area contributed by atoms with E-state index in [9.17, 15) is 0 Å². The van der Waals surface area contributed by atoms with Gasteiger partial charge >= 0.3 is 0 Å². The number of nitrogens with zero attached hydrogens (tertiary/aromatic N) is 5. The van der Waals surface area contributed by atoms with E-state index in [1.54, 1.807) is 0 Å². The molecule has 0 aliphatic carbocycles. The SMILES string of the molecule is c1ccc(-n2c3ccccc3c3cc4c(cc32)c2ccc([Si](c3ccccc3)(c3ccccc3)c3ccc5c6ccccc6n6ccnc6c5c3)cc2n4-c2ccccn2)cc1. The summed E-state index contributed by atoms with van der Waals surface area (Å²) in [4.78, 5) is 10.0. The van der Waals surface area contributed by atoms with E-state index in [-0.39, 0.29) is 0 Å². The van der Waals surface area contributed by atoms with Crippen molar-refractivity contribution in [2.45, 2.75) is 0 Å². The molecule has 0 spiro atoms. The first-order valence-corrected chi connectivity index (χ1v) is 23.2. The molecule has 5 aromatic heterocycles. The summed E-state index contributed by atoms with van der Waals surface area (Å²) in [7, 11) is -3.04. The molecule has 0 unspecified atom stereocenters. The predicted molar refractivity (Wildman–Crippen MR) is 260 cm³/mol. The zero-order valence-electron chi connectivity index (χ0n) is 33.6. The molecule has 13 rings (SSSR count). The number of fused-ring (bicyclic) bond motifs is 12. The van der Waals surface area contributed by atoms with Crippen molar-refractivity contribution in [3.8, 4) is 11.5 Å². The summed E-state index contributed by atoms with van der Waals surface area (Å²) in [6.07, 6.45) is 5.91. The number of imidazole rings is 1. The standard InChI is InChI=1S/C56H37N5Si/c1-4-16-38(17-5-1)60-51-25-13-11-23-45(51)47-37-54-48(36-53(47)60)46-30-28-42(35-52(46)61(54)55-26-14-15-31-57-55)62(39-18-6-2-7-19-39,40-20-8-3-9-21-40)41-27-29-43-44-22-10-12-24-50(44)59-33-32-58-56(59)49(43)34-41/h1-37H. The van der Waals surface area contributed by atoms with Crippen molar-refractivity contribution < 1.29 is 0 Å². The Labute approximate surface area is 358 Å². The fourth-order valence-electron chi connectivity index (χ4n) is 10.5. The van der Waals surface area contributed by atoms with E-state index in [0.29, 0.717) is 0 Å². The van der Waals surface area contributed by atoms with Crippen LogP contribution >= 0.6 is 0 Å². The molecule has 62 heavy (non-hydrogen) atoms. The van der Waals surface area contributed by atoms with E-state index in [2.05, 4.69) is 220 Å². The lowest BCUT2D eigenvalue weighted by Gasteiger charge is -2.35. The Balaban J connectivity index is 1.16. The topological polar surface area (TPSA) is 40.0 Å². The number of pyridine rings is 2. The van der Waals surface area contributed by atoms with Gasteiger partial charge in [0, 0.05) is 56.6 Å². The fraction of sp³-hybridized carbons (Fsp3) is 0. The van der Waals surface area contributed by atoms with E-state index < -0.39 is 8.07 Å². The summed E-state index contributed by atoms with van der Waals surface area (Å²) in [6.45, 7) is 0. The molecule has 0 fully saturated rings. The van der Waals surface area contributed by atoms with Gasteiger partial charge in [0.05, 0.1) is 27.6 Å². The van der Waals surface area contributed by atoms with Crippen LogP contribution in [0.5, 0.6) is 0 Å². The Morgan fingerprint density at radius 2 is 0.871 bits per heavy atom. The smallest absolute Gasteiger partial charge is 0.179 e. The van der Waals surface area contributed by atoms with Crippen LogP contribution in [0.25, 0.3) is 82.4 Å². The van der Waals surface area contributed by atoms with Gasteiger partial charge in [-0.1, -0.05) is 152 Å². The molecule has 0 atom stereocenters. The van der Waals surface area contributed by atoms with Crippen LogP contribution in [-0.4, -0.2) is 31.6 Å². The number of benzene rings is 8. The molecule has 0 saturated heterocycles. The third-order valence-corrected chi connectivity index (χ3v) is 17.8. The minimum atomic E-state index is -3.04. The summed E-state index contributed by atoms with van der Waals surface area (Å²) < 4.78 is 7.03. The Hall–Kier alpha value is -8.06. The number of rotatable bonds is 6. The van der Waals surface area contributed by atoms with E-state index in [0.717, 1.165) is 39.1 Å². The second-order valence-corrected chi connectivity index (χ2v) is 20.0. The molecule has 13 aromatic rings. The van der Waals surface area contributed by atoms with Gasteiger partial charge in [-0.05, 0) is 80.7 Å². The quantitative estimate of drug-likeness (QED) is 0.0954. The monoisotopic (exact) mass is 807 g/mol. The molecule has 0 amide bonds. The summed E-state index contributed by atoms with van der Waals surface area (Å²) >= 11 is 0. The van der Waals surface area contributed by atoms with Crippen LogP contribution in [0, 0.1) is 0 Å². The lowest BCUT2D eigenvalue weighted by atomic mass is 10.1. The van der Waals surface area contributed by atoms with Gasteiger partial charge in [0.1, 0.15) is 11.5 Å². The van der Waals surface area contributed by atoms with Gasteiger partial charge in [0.2, 0.25) is 0 Å². The number of aromatic nitrogens is 5. The highest BCUT2D eigenvalue weighted by atomic mass is 28.3. The second kappa shape index (κ2) is 13.5. The number of hydrogen-bond acceptors (Lipinski definition) is 2. The van der Waals surface area contributed by atoms with Crippen molar-refractivity contribution in [1.82, 2.24) is 23.5 Å². The molecule has 5 heterocycles. The maximum atomic E-state index is 5.03. The summed E-state index contributed by atoms with van der Waals surface area (Å²) in [5, 5.41) is 13.6. The normalized spacial score (nSPS) is 12.2. The molecule has 0 radical (unpaired) electrons. The van der Waals surface area contributed by atoms with Crippen molar-refractivity contribution in [3.63, 3.8) is 0 Å². The molecule has 8 aromatic carbocycles. The van der Waals surface area contributed by atoms with Crippen molar-refractivity contribution >= 4 is 99.8 Å². The van der Waals surface area contributed by atoms with Gasteiger partial charge in [-0.25, -0.2) is 9.97 Å². The zero-order chi connectivity index (χ0) is 40.8. The molecule has 5 nitrogen and oxygen atoms in total. The highest BCUT2D eigenvalue weighted by Gasteiger charge is 2.42. The van der Waals surface area contributed by atoms with E-state index in [1.807, 2.05) is 18.5 Å². The third-order valence-electron chi connectivity index (χ3n) is 13.1. The Morgan fingerprint density at radius 1 is 0.323 bits per heavy atom. The van der Waals surface area contributed by atoms with Gasteiger partial charge in [0.15, 0.2) is 8.07 Å². The van der Waals surface area contributed by atoms with Gasteiger partial charge in [-0.15, -0.1) is 0 Å². The minimum Gasteiger partial charge on any atom is -0.309 e. The first-order chi connectivity index (χ1) is 30.8. The highest BCUT2D eigenvalue weighted by Crippen LogP contribution is 2.39. The van der Waals surface area contributed by atoms with Crippen molar-refractivity contribution in [2.75, 3.05) is 0 Å². The molecule has 0 aliphatic rings. The van der Waals surface area contributed by atoms with Gasteiger partial charge in [0.25, 0.3) is 0 Å². The Bertz CT molecular complexity index is 3810. The third kappa shape index (κ3) is 4.89. The van der Waals surface area contributed by atoms with Crippen LogP contribution < -0.4 is 20.7 Å². The molecular weight excluding hydrogens is 771 g/mol. The second-order valence-electron chi connectivity index (χ2n) is 16.2. The Kier molecular flexibility index (Phi) is 7.56. The zero-order valence-corrected chi connectivity index (χ0v) is 34.6. The minimum absolute atomic E-state index is 0.891. The fourth-order valence-corrected chi connectivity index (χ4v) is 15.2. The van der Waals surface area contributed by atoms with Gasteiger partial charge in [-0.3, -0.25) is 8.97 Å². The molecule has 0 N–H and O–H groups in total. The van der Waals surface area contributed by atoms with Crippen LogP contribution in [0.4, 0.5) is 0 Å². The van der Waals surface area contributed by atoms with Crippen LogP contribution in [0.15, 0.2) is 225 Å². The van der Waals surface area contributed by atoms with E-state index in [4.69, 9.17) is 9.97 Å². The first kappa shape index (κ1) is 34.8. The van der Waals surface area contributed by atoms with Crippen molar-refractivity contribution in [2.24, 2.45) is 0 Å². The summed E-state index contributed by atoms with van der Waals surface area (Å²) in [5.74, 6) is 0.891. The summed E-state index contributed by atoms with van der Waals surface area (Å²) in [5.41, 5.74) is 7.90. The average molecular weight is 808 g/mol. The molecule has 0 bridgehead atoms. The van der Waals surface area contributed by atoms with Crippen LogP contribution in [-0.2, 0) is 0 Å². The van der Waals surface area contributed by atoms with Gasteiger partial charge in [-0.2, -0.15) is 0 Å². The summed E-state index contributed by atoms with van der Waals surface area (Å²) in [6, 6.07) is 76.0. The maximum Gasteiger partial charge on any atom is 0.179 e. The van der Waals surface area contributed by atoms with Crippen molar-refractivity contribution in [3.05, 3.63) is 225 Å². The lowest BCUT2D eigenvalue weighted by molar-refractivity contribution is 1.08. The number of hydrogen-bond donors (Lipinski definition) is 0. The average Bonchev–Trinajstić information content (AvgIpc) is 4.06. The first-order valence-electron chi connectivity index (χ1n) is 21.2. The molecule has 0 saturated carbocycles. The molecular formula is C56H37N5Si. The van der Waals surface area contributed by atoms with Crippen LogP contribution in [0.1, 0.15) is 0 Å². The largest absolute Gasteiger partial charge is 0.309 e. The van der Waals surface area contributed by atoms with E-state index in [1.165, 1.54) is 64.1 Å². The van der Waals surface area contributed by atoms with Crippen molar-refractivity contribution in [1.29, 1.82) is 0 Å². The Morgan fingerprint density at radius 3 is 1.56 bits per heavy atom. The highest BCUT2D eigenvalue weighted by molar-refractivity contribution is 7.20. The van der Waals surface area contributed by atoms with Crippen LogP contribution in [0.3, 0.4) is 0 Å². The van der Waals surface area contributed by atoms with E-state index >= 15 is 0 Å². The van der Waals surface area contributed by atoms with Gasteiger partial charge < -0.3 is 4.57 Å². The molecule has 6 heteroatoms. The molecule has 290 valence electrons. The van der Waals surface area contributed by atoms with Crippen LogP contribution in [0.2, 0.25) is 0 Å². The lowest BCUT2D eigenvalue weighted by Crippen LogP contribution is -2.74. The predicted octanol–water partition coefficient (Wildman–Crippen LogP) is 10.6. The molecule has 0 aliphatic heterocycles. The maximum absolute atomic E-state index is 5.03. The number of para-hydroxylation sites is 3.